The van der Waals surface area contributed by atoms with Crippen molar-refractivity contribution in [2.45, 2.75) is 44.2 Å². The summed E-state index contributed by atoms with van der Waals surface area (Å²) in [6, 6.07) is 9.22. The van der Waals surface area contributed by atoms with Crippen LogP contribution in [0.15, 0.2) is 24.3 Å². The first kappa shape index (κ1) is 15.0. The molecule has 0 atom stereocenters. The van der Waals surface area contributed by atoms with Gasteiger partial charge in [-0.15, -0.1) is 0 Å². The van der Waals surface area contributed by atoms with Gasteiger partial charge in [0.25, 0.3) is 0 Å². The molecular formula is C17H24N4O. The van der Waals surface area contributed by atoms with Crippen LogP contribution in [0.2, 0.25) is 0 Å². The SMILES string of the molecule is CN(C)C1CCC(n2nc(CC(N)=O)c3ccccc32)CC1. The van der Waals surface area contributed by atoms with Crippen LogP contribution in [-0.4, -0.2) is 40.7 Å². The fourth-order valence-corrected chi connectivity index (χ4v) is 3.55. The molecule has 0 bridgehead atoms. The number of carbonyl (C=O) groups excluding carboxylic acids is 1. The predicted molar refractivity (Wildman–Crippen MR) is 87.6 cm³/mol. The normalized spacial score (nSPS) is 22.3. The highest BCUT2D eigenvalue weighted by molar-refractivity contribution is 5.87. The average Bonchev–Trinajstić information content (AvgIpc) is 2.86. The topological polar surface area (TPSA) is 64.2 Å². The number of aromatic nitrogens is 2. The quantitative estimate of drug-likeness (QED) is 0.940. The van der Waals surface area contributed by atoms with Gasteiger partial charge in [-0.05, 0) is 45.8 Å². The van der Waals surface area contributed by atoms with Crippen LogP contribution in [0.3, 0.4) is 0 Å². The summed E-state index contributed by atoms with van der Waals surface area (Å²) in [5.74, 6) is -0.327. The van der Waals surface area contributed by atoms with Crippen LogP contribution in [0.25, 0.3) is 10.9 Å². The lowest BCUT2D eigenvalue weighted by Crippen LogP contribution is -2.33. The molecule has 22 heavy (non-hydrogen) atoms. The molecule has 0 saturated heterocycles. The summed E-state index contributed by atoms with van der Waals surface area (Å²) in [7, 11) is 4.30. The van der Waals surface area contributed by atoms with Crippen LogP contribution in [0.5, 0.6) is 0 Å². The Hall–Kier alpha value is -1.88. The number of para-hydroxylation sites is 1. The van der Waals surface area contributed by atoms with Gasteiger partial charge in [-0.3, -0.25) is 9.48 Å². The number of benzene rings is 1. The molecule has 1 aromatic carbocycles. The summed E-state index contributed by atoms with van der Waals surface area (Å²) in [6.45, 7) is 0. The summed E-state index contributed by atoms with van der Waals surface area (Å²) in [4.78, 5) is 13.6. The molecule has 0 spiro atoms. The first-order valence-electron chi connectivity index (χ1n) is 7.97. The second-order valence-corrected chi connectivity index (χ2v) is 6.48. The molecule has 1 heterocycles. The zero-order chi connectivity index (χ0) is 15.7. The van der Waals surface area contributed by atoms with Gasteiger partial charge in [0.05, 0.1) is 23.7 Å². The van der Waals surface area contributed by atoms with Crippen molar-refractivity contribution in [2.24, 2.45) is 5.73 Å². The Morgan fingerprint density at radius 1 is 1.27 bits per heavy atom. The molecule has 3 rings (SSSR count). The van der Waals surface area contributed by atoms with Crippen LogP contribution in [0.4, 0.5) is 0 Å². The molecule has 1 aliphatic carbocycles. The molecule has 5 nitrogen and oxygen atoms in total. The molecule has 0 aliphatic heterocycles. The minimum absolute atomic E-state index is 0.209. The lowest BCUT2D eigenvalue weighted by Gasteiger charge is -2.33. The highest BCUT2D eigenvalue weighted by Gasteiger charge is 2.26. The van der Waals surface area contributed by atoms with Gasteiger partial charge in [-0.25, -0.2) is 0 Å². The van der Waals surface area contributed by atoms with Crippen molar-refractivity contribution in [3.8, 4) is 0 Å². The molecule has 2 N–H and O–H groups in total. The maximum atomic E-state index is 11.3. The Labute approximate surface area is 131 Å². The number of carbonyl (C=O) groups is 1. The summed E-state index contributed by atoms with van der Waals surface area (Å²) in [5, 5.41) is 5.78. The Kier molecular flexibility index (Phi) is 4.16. The molecule has 1 fully saturated rings. The second kappa shape index (κ2) is 6.08. The van der Waals surface area contributed by atoms with Crippen LogP contribution < -0.4 is 5.73 Å². The summed E-state index contributed by atoms with van der Waals surface area (Å²) < 4.78 is 2.12. The maximum absolute atomic E-state index is 11.3. The second-order valence-electron chi connectivity index (χ2n) is 6.48. The predicted octanol–water partition coefficient (Wildman–Crippen LogP) is 2.11. The first-order chi connectivity index (χ1) is 10.6. The van der Waals surface area contributed by atoms with Crippen LogP contribution in [-0.2, 0) is 11.2 Å². The Morgan fingerprint density at radius 3 is 2.59 bits per heavy atom. The smallest absolute Gasteiger partial charge is 0.223 e. The number of nitrogens with zero attached hydrogens (tertiary/aromatic N) is 3. The fourth-order valence-electron chi connectivity index (χ4n) is 3.55. The minimum atomic E-state index is -0.327. The Morgan fingerprint density at radius 2 is 1.95 bits per heavy atom. The lowest BCUT2D eigenvalue weighted by atomic mass is 9.90. The number of primary amides is 1. The van der Waals surface area contributed by atoms with E-state index in [1.165, 1.54) is 12.8 Å². The van der Waals surface area contributed by atoms with Gasteiger partial charge in [0, 0.05) is 11.4 Å². The third-order valence-corrected chi connectivity index (χ3v) is 4.77. The maximum Gasteiger partial charge on any atom is 0.223 e. The van der Waals surface area contributed by atoms with E-state index in [0.717, 1.165) is 29.4 Å². The van der Waals surface area contributed by atoms with Gasteiger partial charge in [-0.1, -0.05) is 18.2 Å². The van der Waals surface area contributed by atoms with Crippen LogP contribution in [0, 0.1) is 0 Å². The lowest BCUT2D eigenvalue weighted by molar-refractivity contribution is -0.117. The van der Waals surface area contributed by atoms with Gasteiger partial charge in [0.2, 0.25) is 5.91 Å². The van der Waals surface area contributed by atoms with Crippen LogP contribution in [0.1, 0.15) is 37.4 Å². The van der Waals surface area contributed by atoms with Crippen molar-refractivity contribution < 1.29 is 4.79 Å². The number of fused-ring (bicyclic) bond motifs is 1. The zero-order valence-corrected chi connectivity index (χ0v) is 13.3. The molecule has 5 heteroatoms. The third-order valence-electron chi connectivity index (χ3n) is 4.77. The van der Waals surface area contributed by atoms with Gasteiger partial charge < -0.3 is 10.6 Å². The van der Waals surface area contributed by atoms with Crippen molar-refractivity contribution in [1.29, 1.82) is 0 Å². The van der Waals surface area contributed by atoms with Crippen molar-refractivity contribution in [3.05, 3.63) is 30.0 Å². The third kappa shape index (κ3) is 2.86. The van der Waals surface area contributed by atoms with E-state index >= 15 is 0 Å². The van der Waals surface area contributed by atoms with E-state index in [0.29, 0.717) is 12.1 Å². The Balaban J connectivity index is 1.89. The van der Waals surface area contributed by atoms with Gasteiger partial charge in [0.15, 0.2) is 0 Å². The summed E-state index contributed by atoms with van der Waals surface area (Å²) in [5.41, 5.74) is 7.28. The standard InChI is InChI=1S/C17H24N4O/c1-20(2)12-7-9-13(10-8-12)21-16-6-4-3-5-14(16)15(19-21)11-17(18)22/h3-6,12-13H,7-11H2,1-2H3,(H2,18,22). The van der Waals surface area contributed by atoms with Gasteiger partial charge in [-0.2, -0.15) is 5.10 Å². The molecule has 1 saturated carbocycles. The van der Waals surface area contributed by atoms with Crippen molar-refractivity contribution in [2.75, 3.05) is 14.1 Å². The molecule has 0 unspecified atom stereocenters. The van der Waals surface area contributed by atoms with Crippen molar-refractivity contribution in [1.82, 2.24) is 14.7 Å². The van der Waals surface area contributed by atoms with E-state index in [4.69, 9.17) is 10.8 Å². The van der Waals surface area contributed by atoms with Crippen molar-refractivity contribution >= 4 is 16.8 Å². The van der Waals surface area contributed by atoms with E-state index in [9.17, 15) is 4.79 Å². The monoisotopic (exact) mass is 300 g/mol. The molecule has 1 amide bonds. The van der Waals surface area contributed by atoms with E-state index in [1.54, 1.807) is 0 Å². The average molecular weight is 300 g/mol. The van der Waals surface area contributed by atoms with Gasteiger partial charge >= 0.3 is 0 Å². The molecule has 2 aromatic rings. The molecule has 1 aliphatic rings. The van der Waals surface area contributed by atoms with Gasteiger partial charge in [0.1, 0.15) is 0 Å². The largest absolute Gasteiger partial charge is 0.369 e. The minimum Gasteiger partial charge on any atom is -0.369 e. The Bertz CT molecular complexity index is 668. The van der Waals surface area contributed by atoms with Crippen LogP contribution >= 0.6 is 0 Å². The number of hydrogen-bond acceptors (Lipinski definition) is 3. The highest BCUT2D eigenvalue weighted by Crippen LogP contribution is 2.33. The van der Waals surface area contributed by atoms with E-state index in [-0.39, 0.29) is 12.3 Å². The fraction of sp³-hybridized carbons (Fsp3) is 0.529. The number of hydrogen-bond donors (Lipinski definition) is 1. The van der Waals surface area contributed by atoms with E-state index in [1.807, 2.05) is 18.2 Å². The van der Waals surface area contributed by atoms with Crippen molar-refractivity contribution in [3.63, 3.8) is 0 Å². The number of amides is 1. The zero-order valence-electron chi connectivity index (χ0n) is 13.3. The number of nitrogens with two attached hydrogens (primary N) is 1. The summed E-state index contributed by atoms with van der Waals surface area (Å²) >= 11 is 0. The molecule has 118 valence electrons. The summed E-state index contributed by atoms with van der Waals surface area (Å²) in [6.07, 6.45) is 4.85. The molecule has 1 aromatic heterocycles. The number of rotatable bonds is 4. The molecular weight excluding hydrogens is 276 g/mol. The van der Waals surface area contributed by atoms with E-state index in [2.05, 4.69) is 29.7 Å². The van der Waals surface area contributed by atoms with E-state index < -0.39 is 0 Å². The first-order valence-corrected chi connectivity index (χ1v) is 7.97. The highest BCUT2D eigenvalue weighted by atomic mass is 16.1. The molecule has 0 radical (unpaired) electrons.